The van der Waals surface area contributed by atoms with Crippen molar-refractivity contribution in [2.24, 2.45) is 0 Å². The molecule has 0 aromatic carbocycles. The van der Waals surface area contributed by atoms with E-state index in [0.717, 1.165) is 19.4 Å². The van der Waals surface area contributed by atoms with E-state index in [-0.39, 0.29) is 18.4 Å². The van der Waals surface area contributed by atoms with Gasteiger partial charge in [-0.1, -0.05) is 0 Å². The normalized spacial score (nSPS) is 32.8. The zero-order valence-electron chi connectivity index (χ0n) is 9.92. The summed E-state index contributed by atoms with van der Waals surface area (Å²) in [6.45, 7) is 0.620. The predicted octanol–water partition coefficient (Wildman–Crippen LogP) is 0.621. The molecule has 6 heteroatoms. The molecule has 2 aliphatic rings. The maximum atomic E-state index is 13.6. The number of hydrogen-bond acceptors (Lipinski definition) is 3. The maximum absolute atomic E-state index is 13.6. The van der Waals surface area contributed by atoms with Gasteiger partial charge in [-0.25, -0.2) is 8.78 Å². The van der Waals surface area contributed by atoms with Gasteiger partial charge >= 0.3 is 0 Å². The quantitative estimate of drug-likeness (QED) is 0.779. The maximum Gasteiger partial charge on any atom is 0.290 e. The molecule has 0 aromatic rings. The average Bonchev–Trinajstić information content (AvgIpc) is 2.80. The second-order valence-electron chi connectivity index (χ2n) is 4.68. The molecule has 2 aliphatic heterocycles. The number of carbonyl (C=O) groups excluding carboxylic acids is 1. The lowest BCUT2D eigenvalue weighted by molar-refractivity contribution is -0.173. The molecule has 2 unspecified atom stereocenters. The number of hydrogen-bond donors (Lipinski definition) is 1. The predicted molar refractivity (Wildman–Crippen MR) is 58.0 cm³/mol. The number of methoxy groups -OCH3 is 1. The van der Waals surface area contributed by atoms with E-state index < -0.39 is 18.6 Å². The van der Waals surface area contributed by atoms with Crippen molar-refractivity contribution in [3.63, 3.8) is 0 Å². The minimum Gasteiger partial charge on any atom is -0.375 e. The van der Waals surface area contributed by atoms with Crippen LogP contribution in [0.2, 0.25) is 0 Å². The van der Waals surface area contributed by atoms with Crippen molar-refractivity contribution < 1.29 is 18.3 Å². The molecule has 1 N–H and O–H groups in total. The van der Waals surface area contributed by atoms with Gasteiger partial charge in [0.2, 0.25) is 5.91 Å². The fourth-order valence-corrected chi connectivity index (χ4v) is 2.51. The molecule has 98 valence electrons. The summed E-state index contributed by atoms with van der Waals surface area (Å²) in [7, 11) is 1.29. The van der Waals surface area contributed by atoms with Gasteiger partial charge in [0, 0.05) is 13.7 Å². The van der Waals surface area contributed by atoms with Crippen LogP contribution in [-0.4, -0.2) is 55.6 Å². The van der Waals surface area contributed by atoms with Crippen LogP contribution in [0.15, 0.2) is 0 Å². The highest BCUT2D eigenvalue weighted by Crippen LogP contribution is 2.30. The van der Waals surface area contributed by atoms with E-state index in [9.17, 15) is 13.6 Å². The van der Waals surface area contributed by atoms with Crippen LogP contribution in [0, 0.1) is 0 Å². The molecule has 0 aliphatic carbocycles. The van der Waals surface area contributed by atoms with Crippen molar-refractivity contribution in [2.45, 2.75) is 37.3 Å². The number of rotatable bonds is 2. The van der Waals surface area contributed by atoms with E-state index in [4.69, 9.17) is 4.74 Å². The van der Waals surface area contributed by atoms with E-state index in [1.165, 1.54) is 12.0 Å². The van der Waals surface area contributed by atoms with E-state index in [2.05, 4.69) is 5.32 Å². The highest BCUT2D eigenvalue weighted by Gasteiger charge is 2.47. The zero-order chi connectivity index (χ0) is 12.5. The van der Waals surface area contributed by atoms with Gasteiger partial charge in [0.25, 0.3) is 5.92 Å². The summed E-state index contributed by atoms with van der Waals surface area (Å²) in [6.07, 6.45) is 0.806. The highest BCUT2D eigenvalue weighted by atomic mass is 19.3. The van der Waals surface area contributed by atoms with E-state index in [0.29, 0.717) is 6.54 Å². The molecule has 2 rings (SSSR count). The third-order valence-corrected chi connectivity index (χ3v) is 3.49. The number of alkyl halides is 2. The van der Waals surface area contributed by atoms with Crippen LogP contribution >= 0.6 is 0 Å². The molecule has 0 saturated carbocycles. The number of likely N-dealkylation sites (tertiary alicyclic amines) is 1. The minimum absolute atomic E-state index is 0.196. The fourth-order valence-electron chi connectivity index (χ4n) is 2.51. The summed E-state index contributed by atoms with van der Waals surface area (Å²) in [5.74, 6) is -3.14. The summed E-state index contributed by atoms with van der Waals surface area (Å²) in [6, 6.07) is -0.273. The third kappa shape index (κ3) is 2.57. The van der Waals surface area contributed by atoms with Gasteiger partial charge in [0.1, 0.15) is 6.10 Å². The largest absolute Gasteiger partial charge is 0.375 e. The Balaban J connectivity index is 1.97. The van der Waals surface area contributed by atoms with Gasteiger partial charge < -0.3 is 15.0 Å². The first-order chi connectivity index (χ1) is 8.04. The molecule has 0 spiro atoms. The average molecular weight is 248 g/mol. The van der Waals surface area contributed by atoms with E-state index in [1.54, 1.807) is 0 Å². The summed E-state index contributed by atoms with van der Waals surface area (Å²) in [5, 5.41) is 3.04. The molecule has 2 heterocycles. The molecule has 2 saturated heterocycles. The Morgan fingerprint density at radius 3 is 2.76 bits per heavy atom. The van der Waals surface area contributed by atoms with Crippen LogP contribution in [0.1, 0.15) is 19.3 Å². The molecule has 2 atom stereocenters. The summed E-state index contributed by atoms with van der Waals surface area (Å²) in [4.78, 5) is 13.2. The molecule has 17 heavy (non-hydrogen) atoms. The number of piperidine rings is 1. The Labute approximate surface area is 99.3 Å². The second-order valence-corrected chi connectivity index (χ2v) is 4.68. The standard InChI is InChI=1S/C11H18F2N2O2/c1-17-9-4-6-15(7-11(9,12)13)10(16)8-3-2-5-14-8/h8-9,14H,2-7H2,1H3. The number of nitrogens with one attached hydrogen (secondary N) is 1. The van der Waals surface area contributed by atoms with Crippen molar-refractivity contribution in [1.29, 1.82) is 0 Å². The highest BCUT2D eigenvalue weighted by molar-refractivity contribution is 5.82. The first-order valence-corrected chi connectivity index (χ1v) is 5.97. The molecule has 0 bridgehead atoms. The summed E-state index contributed by atoms with van der Waals surface area (Å²) < 4.78 is 32.0. The molecule has 1 amide bonds. The fraction of sp³-hybridized carbons (Fsp3) is 0.909. The van der Waals surface area contributed by atoms with Crippen LogP contribution in [-0.2, 0) is 9.53 Å². The van der Waals surface area contributed by atoms with Crippen LogP contribution < -0.4 is 5.32 Å². The minimum atomic E-state index is -2.94. The Morgan fingerprint density at radius 1 is 1.47 bits per heavy atom. The lowest BCUT2D eigenvalue weighted by Gasteiger charge is -2.38. The second kappa shape index (κ2) is 4.86. The van der Waals surface area contributed by atoms with Crippen molar-refractivity contribution in [1.82, 2.24) is 10.2 Å². The Morgan fingerprint density at radius 2 is 2.24 bits per heavy atom. The monoisotopic (exact) mass is 248 g/mol. The molecular formula is C11H18F2N2O2. The van der Waals surface area contributed by atoms with Gasteiger partial charge in [-0.15, -0.1) is 0 Å². The first kappa shape index (κ1) is 12.7. The molecular weight excluding hydrogens is 230 g/mol. The lowest BCUT2D eigenvalue weighted by Crippen LogP contribution is -2.56. The summed E-state index contributed by atoms with van der Waals surface area (Å²) >= 11 is 0. The number of halogens is 2. The van der Waals surface area contributed by atoms with Crippen LogP contribution in [0.3, 0.4) is 0 Å². The Hall–Kier alpha value is -0.750. The van der Waals surface area contributed by atoms with Crippen LogP contribution in [0.25, 0.3) is 0 Å². The molecule has 2 fully saturated rings. The summed E-state index contributed by atoms with van der Waals surface area (Å²) in [5.41, 5.74) is 0. The van der Waals surface area contributed by atoms with Crippen LogP contribution in [0.4, 0.5) is 8.78 Å². The Kier molecular flexibility index (Phi) is 3.63. The van der Waals surface area contributed by atoms with Gasteiger partial charge in [0.15, 0.2) is 0 Å². The number of carbonyl (C=O) groups is 1. The molecule has 0 radical (unpaired) electrons. The zero-order valence-corrected chi connectivity index (χ0v) is 9.92. The van der Waals surface area contributed by atoms with Gasteiger partial charge in [-0.05, 0) is 25.8 Å². The smallest absolute Gasteiger partial charge is 0.290 e. The van der Waals surface area contributed by atoms with E-state index in [1.807, 2.05) is 0 Å². The van der Waals surface area contributed by atoms with Gasteiger partial charge in [0.05, 0.1) is 12.6 Å². The van der Waals surface area contributed by atoms with Crippen molar-refractivity contribution >= 4 is 5.91 Å². The third-order valence-electron chi connectivity index (χ3n) is 3.49. The van der Waals surface area contributed by atoms with Crippen molar-refractivity contribution in [3.05, 3.63) is 0 Å². The van der Waals surface area contributed by atoms with Crippen LogP contribution in [0.5, 0.6) is 0 Å². The Bertz CT molecular complexity index is 293. The lowest BCUT2D eigenvalue weighted by atomic mass is 10.0. The van der Waals surface area contributed by atoms with Gasteiger partial charge in [-0.3, -0.25) is 4.79 Å². The van der Waals surface area contributed by atoms with Crippen molar-refractivity contribution in [3.8, 4) is 0 Å². The first-order valence-electron chi connectivity index (χ1n) is 5.97. The molecule has 4 nitrogen and oxygen atoms in total. The molecule has 0 aromatic heterocycles. The van der Waals surface area contributed by atoms with Crippen molar-refractivity contribution in [2.75, 3.05) is 26.7 Å². The number of ether oxygens (including phenoxy) is 1. The number of amides is 1. The van der Waals surface area contributed by atoms with Gasteiger partial charge in [-0.2, -0.15) is 0 Å². The SMILES string of the molecule is COC1CCN(C(=O)C2CCCN2)CC1(F)F. The number of nitrogens with zero attached hydrogens (tertiary/aromatic N) is 1. The topological polar surface area (TPSA) is 41.6 Å². The van der Waals surface area contributed by atoms with E-state index >= 15 is 0 Å².